The zero-order valence-electron chi connectivity index (χ0n) is 21.5. The number of nitrogens with zero attached hydrogens (tertiary/aromatic N) is 3. The predicted octanol–water partition coefficient (Wildman–Crippen LogP) is 3.31. The highest BCUT2D eigenvalue weighted by Gasteiger charge is 2.34. The van der Waals surface area contributed by atoms with Crippen LogP contribution in [0.4, 0.5) is 5.69 Å². The number of aryl methyl sites for hydroxylation is 1. The summed E-state index contributed by atoms with van der Waals surface area (Å²) in [5, 5.41) is 26.5. The Morgan fingerprint density at radius 1 is 1.23 bits per heavy atom. The van der Waals surface area contributed by atoms with Crippen LogP contribution in [0.25, 0.3) is 0 Å². The van der Waals surface area contributed by atoms with Gasteiger partial charge in [-0.05, 0) is 50.0 Å². The molecule has 0 aliphatic carbocycles. The van der Waals surface area contributed by atoms with Crippen molar-refractivity contribution in [2.24, 2.45) is 4.99 Å². The maximum absolute atomic E-state index is 10.6. The van der Waals surface area contributed by atoms with Crippen molar-refractivity contribution in [3.63, 3.8) is 0 Å². The van der Waals surface area contributed by atoms with E-state index in [1.54, 1.807) is 6.34 Å². The van der Waals surface area contributed by atoms with Crippen LogP contribution < -0.4 is 15.5 Å². The molecule has 1 atom stereocenters. The molecule has 1 aromatic carbocycles. The number of ether oxygens (including phenoxy) is 1. The minimum Gasteiger partial charge on any atom is -0.381 e. The molecule has 0 radical (unpaired) electrons. The van der Waals surface area contributed by atoms with E-state index in [0.29, 0.717) is 31.6 Å². The summed E-state index contributed by atoms with van der Waals surface area (Å²) < 4.78 is 5.35. The van der Waals surface area contributed by atoms with Crippen LogP contribution in [0.2, 0.25) is 0 Å². The van der Waals surface area contributed by atoms with Crippen molar-refractivity contribution in [2.75, 3.05) is 37.7 Å². The van der Waals surface area contributed by atoms with E-state index in [9.17, 15) is 10.5 Å². The molecule has 8 heteroatoms. The molecule has 35 heavy (non-hydrogen) atoms. The van der Waals surface area contributed by atoms with E-state index >= 15 is 0 Å². The van der Waals surface area contributed by atoms with Gasteiger partial charge < -0.3 is 25.4 Å². The molecule has 4 aliphatic heterocycles. The van der Waals surface area contributed by atoms with Gasteiger partial charge in [0.1, 0.15) is 11.6 Å². The number of hydrogen-bond acceptors (Lipinski definition) is 7. The number of rotatable bonds is 5. The van der Waals surface area contributed by atoms with E-state index in [-0.39, 0.29) is 6.04 Å². The number of nitrogens with one attached hydrogen (secondary N) is 3. The highest BCUT2D eigenvalue weighted by Crippen LogP contribution is 2.34. The van der Waals surface area contributed by atoms with E-state index in [4.69, 9.17) is 4.74 Å². The van der Waals surface area contributed by atoms with E-state index in [1.165, 1.54) is 11.1 Å². The van der Waals surface area contributed by atoms with Crippen molar-refractivity contribution in [1.82, 2.24) is 15.5 Å². The number of fused-ring (bicyclic) bond motifs is 1. The molecule has 0 saturated carbocycles. The molecule has 1 unspecified atom stereocenters. The molecule has 1 fully saturated rings. The molecule has 1 saturated heterocycles. The Balaban J connectivity index is 0.00000141. The van der Waals surface area contributed by atoms with Gasteiger partial charge in [-0.3, -0.25) is 15.3 Å². The van der Waals surface area contributed by atoms with E-state index < -0.39 is 5.72 Å². The molecule has 0 amide bonds. The third kappa shape index (κ3) is 5.60. The first-order chi connectivity index (χ1) is 16.9. The molecule has 8 nitrogen and oxygen atoms in total. The van der Waals surface area contributed by atoms with Crippen molar-refractivity contribution in [2.45, 2.75) is 64.8 Å². The van der Waals surface area contributed by atoms with Crippen LogP contribution in [-0.2, 0) is 11.2 Å². The molecule has 0 aromatic heterocycles. The summed E-state index contributed by atoms with van der Waals surface area (Å²) in [5.74, 6) is 0.528. The average Bonchev–Trinajstić information content (AvgIpc) is 2.86. The molecule has 4 N–H and O–H groups in total. The van der Waals surface area contributed by atoms with Crippen molar-refractivity contribution in [3.8, 4) is 0 Å². The Hall–Kier alpha value is -2.68. The molecule has 0 spiro atoms. The van der Waals surface area contributed by atoms with Crippen LogP contribution in [0, 0.1) is 5.41 Å². The van der Waals surface area contributed by atoms with Gasteiger partial charge in [-0.2, -0.15) is 0 Å². The molecule has 1 aromatic rings. The summed E-state index contributed by atoms with van der Waals surface area (Å²) in [6.45, 7) is 11.2. The van der Waals surface area contributed by atoms with Crippen LogP contribution in [0.3, 0.4) is 0 Å². The van der Waals surface area contributed by atoms with Gasteiger partial charge in [-0.1, -0.05) is 26.0 Å². The minimum absolute atomic E-state index is 0.0354. The fourth-order valence-electron chi connectivity index (χ4n) is 4.93. The van der Waals surface area contributed by atoms with Gasteiger partial charge in [0.25, 0.3) is 0 Å². The second-order valence-electron chi connectivity index (χ2n) is 9.74. The van der Waals surface area contributed by atoms with Crippen molar-refractivity contribution in [3.05, 3.63) is 52.9 Å². The van der Waals surface area contributed by atoms with Gasteiger partial charge >= 0.3 is 0 Å². The second-order valence-corrected chi connectivity index (χ2v) is 9.74. The van der Waals surface area contributed by atoms with Gasteiger partial charge in [-0.25, -0.2) is 0 Å². The predicted molar refractivity (Wildman–Crippen MR) is 142 cm³/mol. The summed E-state index contributed by atoms with van der Waals surface area (Å²) in [4.78, 5) is 8.72. The first kappa shape index (κ1) is 25.4. The van der Waals surface area contributed by atoms with E-state index in [0.717, 1.165) is 49.3 Å². The lowest BCUT2D eigenvalue weighted by molar-refractivity contribution is -0.0754. The number of hydrogen-bond donors (Lipinski definition) is 4. The maximum atomic E-state index is 10.6. The second kappa shape index (κ2) is 10.9. The Kier molecular flexibility index (Phi) is 7.94. The number of benzene rings is 1. The fourth-order valence-corrected chi connectivity index (χ4v) is 4.93. The summed E-state index contributed by atoms with van der Waals surface area (Å²) >= 11 is 0. The Morgan fingerprint density at radius 2 is 2.03 bits per heavy atom. The minimum atomic E-state index is -0.922. The monoisotopic (exact) mass is 480 g/mol. The maximum Gasteiger partial charge on any atom is 0.131 e. The zero-order chi connectivity index (χ0) is 25.0. The molecule has 190 valence electrons. The number of amidine groups is 1. The van der Waals surface area contributed by atoms with Crippen LogP contribution >= 0.6 is 0 Å². The summed E-state index contributed by atoms with van der Waals surface area (Å²) in [6, 6.07) is 6.87. The summed E-state index contributed by atoms with van der Waals surface area (Å²) in [7, 11) is 0. The smallest absolute Gasteiger partial charge is 0.131 e. The van der Waals surface area contributed by atoms with Crippen LogP contribution in [0.1, 0.15) is 57.7 Å². The highest BCUT2D eigenvalue weighted by molar-refractivity contribution is 6.09. The molecule has 4 heterocycles. The first-order valence-electron chi connectivity index (χ1n) is 12.9. The van der Waals surface area contributed by atoms with Gasteiger partial charge in [0.2, 0.25) is 0 Å². The van der Waals surface area contributed by atoms with Crippen molar-refractivity contribution >= 4 is 17.9 Å². The topological polar surface area (TPSA) is 96.2 Å². The van der Waals surface area contributed by atoms with Crippen LogP contribution in [0.15, 0.2) is 46.7 Å². The van der Waals surface area contributed by atoms with Gasteiger partial charge in [0, 0.05) is 49.2 Å². The van der Waals surface area contributed by atoms with Crippen LogP contribution in [0.5, 0.6) is 0 Å². The molecular formula is C27H40N6O2. The number of anilines is 1. The van der Waals surface area contributed by atoms with Crippen molar-refractivity contribution < 1.29 is 9.84 Å². The molecular weight excluding hydrogens is 440 g/mol. The zero-order valence-corrected chi connectivity index (χ0v) is 21.5. The average molecular weight is 481 g/mol. The number of aliphatic hydroxyl groups is 1. The molecule has 5 rings (SSSR count). The normalized spacial score (nSPS) is 22.5. The third-order valence-corrected chi connectivity index (χ3v) is 6.94. The fraction of sp³-hybridized carbons (Fsp3) is 0.556. The van der Waals surface area contributed by atoms with E-state index in [2.05, 4.69) is 49.7 Å². The Bertz CT molecular complexity index is 993. The quantitative estimate of drug-likeness (QED) is 0.382. The Labute approximate surface area is 209 Å². The Morgan fingerprint density at radius 3 is 2.69 bits per heavy atom. The number of aliphatic imine (C=N–C) groups is 1. The van der Waals surface area contributed by atoms with Gasteiger partial charge in [0.15, 0.2) is 0 Å². The summed E-state index contributed by atoms with van der Waals surface area (Å²) in [6.07, 6.45) is 8.52. The van der Waals surface area contributed by atoms with Crippen molar-refractivity contribution in [1.29, 1.82) is 5.41 Å². The first-order valence-corrected chi connectivity index (χ1v) is 12.9. The van der Waals surface area contributed by atoms with Gasteiger partial charge in [0.05, 0.1) is 31.6 Å². The lowest BCUT2D eigenvalue weighted by atomic mass is 9.94. The third-order valence-electron chi connectivity index (χ3n) is 6.94. The standard InChI is InChI=1S/C25H34N6O2.C2H6/c1-25(2,32)30-11-8-22(29-19-14-33-15-19)20(13-30)24(26)31-10-3-4-18-12-17(5-6-23(18)31)21-7-9-27-16-28-21;1-2/h5-7,9,12,16,19,21,26,29,32H,3-4,8,10-11,13-15H2,1-2H3,(H,27,28);1-2H3. The van der Waals surface area contributed by atoms with Crippen LogP contribution in [-0.4, -0.2) is 66.8 Å². The largest absolute Gasteiger partial charge is 0.381 e. The molecule has 4 aliphatic rings. The van der Waals surface area contributed by atoms with Gasteiger partial charge in [-0.15, -0.1) is 0 Å². The van der Waals surface area contributed by atoms with E-state index in [1.807, 2.05) is 33.9 Å². The summed E-state index contributed by atoms with van der Waals surface area (Å²) in [5.41, 5.74) is 4.71. The lowest BCUT2D eigenvalue weighted by Crippen LogP contribution is -2.53. The lowest BCUT2D eigenvalue weighted by Gasteiger charge is -2.42. The SMILES string of the molecule is CC.CC(C)(O)N1CCC(NC2COC2)=C(C(=N)N2CCCc3cc(C4C=CNC=N4)ccc32)C1. The highest BCUT2D eigenvalue weighted by atomic mass is 16.5. The molecule has 0 bridgehead atoms.